The standard InChI is InChI=1S/C38H40ClN3O5/c1-4-22-40(27-16-10-7-11-17-27)34(44)31-32-35(45)42(28(25-43)24-26-14-8-6-9-15-26)33(38(32)21-20-37(31,3)47-38)36(46)41(23-5-2)30-19-13-12-18-29(30)39/h4-19,28,31-33,43H,1-2,20-25H2,3H3/t28-,31+,32+,33?,37-,38?/m1/s1. The number of likely N-dealkylation sites (tertiary alicyclic amines) is 1. The van der Waals surface area contributed by atoms with E-state index in [1.165, 1.54) is 9.80 Å². The van der Waals surface area contributed by atoms with Crippen molar-refractivity contribution in [1.29, 1.82) is 0 Å². The van der Waals surface area contributed by atoms with Crippen molar-refractivity contribution in [1.82, 2.24) is 4.90 Å². The van der Waals surface area contributed by atoms with E-state index in [1.807, 2.05) is 67.6 Å². The SMILES string of the molecule is C=CCN(C(=O)[C@@H]1[C@H]2C(=O)N([C@@H](CO)Cc3ccccc3)C(C(=O)N(CC=C)c3ccccc3Cl)C23CC[C@@]1(C)O3)c1ccccc1. The summed E-state index contributed by atoms with van der Waals surface area (Å²) in [7, 11) is 0. The molecule has 3 aromatic carbocycles. The van der Waals surface area contributed by atoms with Gasteiger partial charge < -0.3 is 24.5 Å². The van der Waals surface area contributed by atoms with Gasteiger partial charge in [-0.3, -0.25) is 14.4 Å². The molecule has 0 aliphatic carbocycles. The van der Waals surface area contributed by atoms with Crippen LogP contribution in [0.15, 0.2) is 110 Å². The maximum atomic E-state index is 15.0. The largest absolute Gasteiger partial charge is 0.394 e. The van der Waals surface area contributed by atoms with Gasteiger partial charge in [0.25, 0.3) is 5.91 Å². The third-order valence-electron chi connectivity index (χ3n) is 10.00. The first-order valence-electron chi connectivity index (χ1n) is 16.0. The van der Waals surface area contributed by atoms with Crippen LogP contribution in [0.5, 0.6) is 0 Å². The molecule has 6 atom stereocenters. The van der Waals surface area contributed by atoms with Crippen molar-refractivity contribution in [2.24, 2.45) is 11.8 Å². The summed E-state index contributed by atoms with van der Waals surface area (Å²) in [5.74, 6) is -2.84. The van der Waals surface area contributed by atoms with Gasteiger partial charge in [-0.2, -0.15) is 0 Å². The number of nitrogens with zero attached hydrogens (tertiary/aromatic N) is 3. The van der Waals surface area contributed by atoms with Crippen molar-refractivity contribution in [2.75, 3.05) is 29.5 Å². The first-order valence-corrected chi connectivity index (χ1v) is 16.4. The predicted molar refractivity (Wildman–Crippen MR) is 183 cm³/mol. The molecule has 0 saturated carbocycles. The number of hydrogen-bond acceptors (Lipinski definition) is 5. The summed E-state index contributed by atoms with van der Waals surface area (Å²) in [6.45, 7) is 9.62. The summed E-state index contributed by atoms with van der Waals surface area (Å²) in [4.78, 5) is 49.4. The van der Waals surface area contributed by atoms with Gasteiger partial charge in [0, 0.05) is 18.8 Å². The van der Waals surface area contributed by atoms with Crippen LogP contribution in [0.25, 0.3) is 0 Å². The molecule has 3 saturated heterocycles. The fourth-order valence-corrected chi connectivity index (χ4v) is 8.27. The van der Waals surface area contributed by atoms with Gasteiger partial charge in [0.2, 0.25) is 11.8 Å². The van der Waals surface area contributed by atoms with Gasteiger partial charge in [0.05, 0.1) is 40.8 Å². The molecular weight excluding hydrogens is 614 g/mol. The highest BCUT2D eigenvalue weighted by atomic mass is 35.5. The van der Waals surface area contributed by atoms with E-state index in [-0.39, 0.29) is 31.5 Å². The molecule has 8 nitrogen and oxygen atoms in total. The molecule has 0 aromatic heterocycles. The monoisotopic (exact) mass is 653 g/mol. The molecule has 3 aliphatic rings. The zero-order valence-corrected chi connectivity index (χ0v) is 27.3. The summed E-state index contributed by atoms with van der Waals surface area (Å²) >= 11 is 6.63. The Kier molecular flexibility index (Phi) is 9.12. The van der Waals surface area contributed by atoms with Crippen LogP contribution < -0.4 is 9.80 Å². The highest BCUT2D eigenvalue weighted by Crippen LogP contribution is 2.64. The second-order valence-electron chi connectivity index (χ2n) is 12.8. The first-order chi connectivity index (χ1) is 22.7. The van der Waals surface area contributed by atoms with Crippen LogP contribution in [0, 0.1) is 11.8 Å². The second-order valence-corrected chi connectivity index (χ2v) is 13.2. The number of ether oxygens (including phenoxy) is 1. The molecule has 3 aromatic rings. The van der Waals surface area contributed by atoms with E-state index >= 15 is 4.79 Å². The lowest BCUT2D eigenvalue weighted by Crippen LogP contribution is -2.59. The molecule has 2 unspecified atom stereocenters. The van der Waals surface area contributed by atoms with Crippen molar-refractivity contribution in [3.8, 4) is 0 Å². The van der Waals surface area contributed by atoms with E-state index < -0.39 is 41.0 Å². The van der Waals surface area contributed by atoms with Gasteiger partial charge in [-0.1, -0.05) is 84.4 Å². The van der Waals surface area contributed by atoms with Gasteiger partial charge in [0.15, 0.2) is 0 Å². The topological polar surface area (TPSA) is 90.4 Å². The molecular formula is C38H40ClN3O5. The van der Waals surface area contributed by atoms with E-state index in [4.69, 9.17) is 16.3 Å². The molecule has 6 rings (SSSR count). The van der Waals surface area contributed by atoms with Crippen molar-refractivity contribution in [2.45, 2.75) is 49.5 Å². The lowest BCUT2D eigenvalue weighted by molar-refractivity contribution is -0.148. The Morgan fingerprint density at radius 2 is 1.57 bits per heavy atom. The van der Waals surface area contributed by atoms with Crippen LogP contribution in [-0.2, 0) is 25.5 Å². The number of benzene rings is 3. The Hall–Kier alpha value is -4.24. The molecule has 47 heavy (non-hydrogen) atoms. The van der Waals surface area contributed by atoms with Crippen molar-refractivity contribution >= 4 is 40.7 Å². The van der Waals surface area contributed by atoms with E-state index in [1.54, 1.807) is 41.3 Å². The van der Waals surface area contributed by atoms with Crippen LogP contribution in [0.2, 0.25) is 5.02 Å². The van der Waals surface area contributed by atoms with E-state index in [0.29, 0.717) is 35.7 Å². The third kappa shape index (κ3) is 5.48. The van der Waals surface area contributed by atoms with E-state index in [2.05, 4.69) is 13.2 Å². The molecule has 9 heteroatoms. The normalized spacial score (nSPS) is 26.5. The number of amides is 3. The number of fused-ring (bicyclic) bond motifs is 1. The van der Waals surface area contributed by atoms with E-state index in [9.17, 15) is 14.7 Å². The number of carbonyl (C=O) groups is 3. The molecule has 3 aliphatic heterocycles. The minimum Gasteiger partial charge on any atom is -0.394 e. The quantitative estimate of drug-likeness (QED) is 0.263. The Labute approximate surface area is 280 Å². The Morgan fingerprint density at radius 3 is 2.21 bits per heavy atom. The van der Waals surface area contributed by atoms with Crippen LogP contribution in [-0.4, -0.2) is 70.7 Å². The van der Waals surface area contributed by atoms with Gasteiger partial charge in [0.1, 0.15) is 11.6 Å². The van der Waals surface area contributed by atoms with Crippen LogP contribution in [0.4, 0.5) is 11.4 Å². The summed E-state index contributed by atoms with van der Waals surface area (Å²) in [5, 5.41) is 11.2. The number of carbonyl (C=O) groups excluding carboxylic acids is 3. The summed E-state index contributed by atoms with van der Waals surface area (Å²) in [5.41, 5.74) is -0.230. The maximum absolute atomic E-state index is 15.0. The van der Waals surface area contributed by atoms with Gasteiger partial charge >= 0.3 is 0 Å². The smallest absolute Gasteiger partial charge is 0.253 e. The lowest BCUT2D eigenvalue weighted by Gasteiger charge is -2.39. The predicted octanol–water partition coefficient (Wildman–Crippen LogP) is 5.45. The molecule has 3 heterocycles. The van der Waals surface area contributed by atoms with Crippen molar-refractivity contribution < 1.29 is 24.2 Å². The fraction of sp³-hybridized carbons (Fsp3) is 0.342. The van der Waals surface area contributed by atoms with Crippen molar-refractivity contribution in [3.05, 3.63) is 121 Å². The number of aliphatic hydroxyl groups excluding tert-OH is 1. The van der Waals surface area contributed by atoms with Gasteiger partial charge in [-0.05, 0) is 56.0 Å². The minimum atomic E-state index is -1.30. The summed E-state index contributed by atoms with van der Waals surface area (Å²) < 4.78 is 6.92. The zero-order chi connectivity index (χ0) is 33.3. The molecule has 244 valence electrons. The number of halogens is 1. The zero-order valence-electron chi connectivity index (χ0n) is 26.5. The molecule has 1 spiro atoms. The number of hydrogen-bond donors (Lipinski definition) is 1. The highest BCUT2D eigenvalue weighted by molar-refractivity contribution is 6.34. The molecule has 1 N–H and O–H groups in total. The minimum absolute atomic E-state index is 0.130. The van der Waals surface area contributed by atoms with Crippen LogP contribution in [0.3, 0.4) is 0 Å². The molecule has 2 bridgehead atoms. The average molecular weight is 654 g/mol. The Balaban J connectivity index is 1.48. The van der Waals surface area contributed by atoms with Crippen LogP contribution >= 0.6 is 11.6 Å². The number of aliphatic hydroxyl groups is 1. The second kappa shape index (κ2) is 13.1. The summed E-state index contributed by atoms with van der Waals surface area (Å²) in [6, 6.07) is 24.0. The Morgan fingerprint density at radius 1 is 0.957 bits per heavy atom. The maximum Gasteiger partial charge on any atom is 0.253 e. The first kappa shape index (κ1) is 32.7. The van der Waals surface area contributed by atoms with Gasteiger partial charge in [-0.25, -0.2) is 0 Å². The number of rotatable bonds is 12. The lowest BCUT2D eigenvalue weighted by atomic mass is 9.66. The molecule has 3 fully saturated rings. The molecule has 0 radical (unpaired) electrons. The van der Waals surface area contributed by atoms with Crippen LogP contribution in [0.1, 0.15) is 25.3 Å². The Bertz CT molecular complexity index is 1670. The van der Waals surface area contributed by atoms with Crippen molar-refractivity contribution in [3.63, 3.8) is 0 Å². The average Bonchev–Trinajstić information content (AvgIpc) is 3.66. The number of para-hydroxylation sites is 2. The third-order valence-corrected chi connectivity index (χ3v) is 10.3. The molecule has 3 amide bonds. The van der Waals surface area contributed by atoms with Gasteiger partial charge in [-0.15, -0.1) is 13.2 Å². The fourth-order valence-electron chi connectivity index (χ4n) is 8.03. The highest BCUT2D eigenvalue weighted by Gasteiger charge is 2.79. The number of anilines is 2. The summed E-state index contributed by atoms with van der Waals surface area (Å²) in [6.07, 6.45) is 4.46. The van der Waals surface area contributed by atoms with E-state index in [0.717, 1.165) is 5.56 Å².